The van der Waals surface area contributed by atoms with Crippen LogP contribution in [0.15, 0.2) is 16.6 Å². The summed E-state index contributed by atoms with van der Waals surface area (Å²) in [7, 11) is 1.59. The number of unbranched alkanes of at least 4 members (excludes halogenated alkanes) is 1. The number of halogens is 1. The van der Waals surface area contributed by atoms with E-state index >= 15 is 0 Å². The molecule has 0 atom stereocenters. The highest BCUT2D eigenvalue weighted by atomic mass is 79.9. The van der Waals surface area contributed by atoms with Gasteiger partial charge in [-0.2, -0.15) is 0 Å². The van der Waals surface area contributed by atoms with Gasteiger partial charge in [-0.15, -0.1) is 0 Å². The van der Waals surface area contributed by atoms with Crippen molar-refractivity contribution < 1.29 is 14.6 Å². The fraction of sp³-hybridized carbons (Fsp3) is 0.500. The maximum atomic E-state index is 9.07. The van der Waals surface area contributed by atoms with Crippen LogP contribution in [0.3, 0.4) is 0 Å². The number of benzene rings is 1. The monoisotopic (exact) mass is 288 g/mol. The molecule has 0 saturated heterocycles. The zero-order valence-corrected chi connectivity index (χ0v) is 11.2. The number of hydrogen-bond acceptors (Lipinski definition) is 3. The van der Waals surface area contributed by atoms with Gasteiger partial charge in [-0.05, 0) is 40.0 Å². The first-order valence-electron chi connectivity index (χ1n) is 5.33. The molecular weight excluding hydrogens is 272 g/mol. The lowest BCUT2D eigenvalue weighted by Gasteiger charge is -2.13. The molecule has 0 aliphatic rings. The van der Waals surface area contributed by atoms with Crippen molar-refractivity contribution in [3.63, 3.8) is 0 Å². The van der Waals surface area contributed by atoms with Crippen LogP contribution in [0.1, 0.15) is 25.3 Å². The predicted octanol–water partition coefficient (Wildman–Crippen LogP) is 3.13. The Labute approximate surface area is 105 Å². The minimum absolute atomic E-state index is 0.00972. The second-order valence-electron chi connectivity index (χ2n) is 3.47. The van der Waals surface area contributed by atoms with E-state index in [9.17, 15) is 0 Å². The number of ether oxygens (including phenoxy) is 2. The highest BCUT2D eigenvalue weighted by Gasteiger charge is 2.10. The molecule has 0 unspecified atom stereocenters. The second kappa shape index (κ2) is 6.76. The topological polar surface area (TPSA) is 38.7 Å². The molecule has 16 heavy (non-hydrogen) atoms. The normalized spacial score (nSPS) is 10.2. The molecule has 0 amide bonds. The first kappa shape index (κ1) is 13.3. The first-order valence-corrected chi connectivity index (χ1v) is 6.12. The van der Waals surface area contributed by atoms with E-state index in [0.29, 0.717) is 18.1 Å². The Bertz CT molecular complexity index is 339. The van der Waals surface area contributed by atoms with Crippen LogP contribution in [-0.2, 0) is 6.61 Å². The van der Waals surface area contributed by atoms with Gasteiger partial charge in [0, 0.05) is 0 Å². The van der Waals surface area contributed by atoms with Crippen LogP contribution in [0.4, 0.5) is 0 Å². The lowest BCUT2D eigenvalue weighted by molar-refractivity contribution is 0.274. The molecule has 90 valence electrons. The summed E-state index contributed by atoms with van der Waals surface area (Å²) in [6.45, 7) is 2.78. The Morgan fingerprint density at radius 1 is 1.38 bits per heavy atom. The van der Waals surface area contributed by atoms with Crippen molar-refractivity contribution in [2.45, 2.75) is 26.4 Å². The SMILES string of the molecule is CCCCOc1c(Br)cc(CO)cc1OC. The molecule has 4 heteroatoms. The Morgan fingerprint density at radius 2 is 2.12 bits per heavy atom. The van der Waals surface area contributed by atoms with Crippen molar-refractivity contribution in [1.29, 1.82) is 0 Å². The Morgan fingerprint density at radius 3 is 2.69 bits per heavy atom. The second-order valence-corrected chi connectivity index (χ2v) is 4.32. The Hall–Kier alpha value is -0.740. The predicted molar refractivity (Wildman–Crippen MR) is 67.0 cm³/mol. The molecule has 0 spiro atoms. The molecule has 0 bridgehead atoms. The van der Waals surface area contributed by atoms with E-state index in [2.05, 4.69) is 22.9 Å². The zero-order valence-electron chi connectivity index (χ0n) is 9.62. The summed E-state index contributed by atoms with van der Waals surface area (Å²) in [6, 6.07) is 3.62. The van der Waals surface area contributed by atoms with Crippen molar-refractivity contribution in [3.8, 4) is 11.5 Å². The summed E-state index contributed by atoms with van der Waals surface area (Å²) in [5.74, 6) is 1.35. The average molecular weight is 289 g/mol. The summed E-state index contributed by atoms with van der Waals surface area (Å²) >= 11 is 3.42. The zero-order chi connectivity index (χ0) is 12.0. The van der Waals surface area contributed by atoms with Gasteiger partial charge in [-0.25, -0.2) is 0 Å². The van der Waals surface area contributed by atoms with E-state index in [0.717, 1.165) is 22.9 Å². The lowest BCUT2D eigenvalue weighted by atomic mass is 10.2. The molecule has 1 rings (SSSR count). The lowest BCUT2D eigenvalue weighted by Crippen LogP contribution is -2.00. The molecule has 1 N–H and O–H groups in total. The van der Waals surface area contributed by atoms with Gasteiger partial charge in [0.25, 0.3) is 0 Å². The average Bonchev–Trinajstić information content (AvgIpc) is 2.30. The summed E-state index contributed by atoms with van der Waals surface area (Å²) in [5.41, 5.74) is 0.798. The highest BCUT2D eigenvalue weighted by Crippen LogP contribution is 2.36. The summed E-state index contributed by atoms with van der Waals surface area (Å²) in [4.78, 5) is 0. The summed E-state index contributed by atoms with van der Waals surface area (Å²) < 4.78 is 11.7. The van der Waals surface area contributed by atoms with Crippen molar-refractivity contribution in [1.82, 2.24) is 0 Å². The van der Waals surface area contributed by atoms with Gasteiger partial charge in [-0.3, -0.25) is 0 Å². The van der Waals surface area contributed by atoms with E-state index in [1.54, 1.807) is 13.2 Å². The van der Waals surface area contributed by atoms with Crippen LogP contribution in [0.2, 0.25) is 0 Å². The number of aliphatic hydroxyl groups excluding tert-OH is 1. The van der Waals surface area contributed by atoms with Crippen molar-refractivity contribution >= 4 is 15.9 Å². The van der Waals surface area contributed by atoms with Gasteiger partial charge >= 0.3 is 0 Å². The number of methoxy groups -OCH3 is 1. The number of hydrogen-bond donors (Lipinski definition) is 1. The Balaban J connectivity index is 2.88. The van der Waals surface area contributed by atoms with E-state index in [1.807, 2.05) is 6.07 Å². The van der Waals surface area contributed by atoms with E-state index in [-0.39, 0.29) is 6.61 Å². The maximum Gasteiger partial charge on any atom is 0.175 e. The van der Waals surface area contributed by atoms with Gasteiger partial charge in [0.1, 0.15) is 0 Å². The van der Waals surface area contributed by atoms with E-state index in [4.69, 9.17) is 14.6 Å². The number of rotatable bonds is 6. The molecule has 1 aromatic rings. The van der Waals surface area contributed by atoms with Gasteiger partial charge < -0.3 is 14.6 Å². The molecule has 0 saturated carbocycles. The molecule has 3 nitrogen and oxygen atoms in total. The minimum Gasteiger partial charge on any atom is -0.493 e. The largest absolute Gasteiger partial charge is 0.493 e. The third-order valence-electron chi connectivity index (χ3n) is 2.22. The van der Waals surface area contributed by atoms with Crippen molar-refractivity contribution in [2.24, 2.45) is 0 Å². The molecular formula is C12H17BrO3. The maximum absolute atomic E-state index is 9.07. The molecule has 0 radical (unpaired) electrons. The minimum atomic E-state index is -0.00972. The summed E-state index contributed by atoms with van der Waals surface area (Å²) in [6.07, 6.45) is 2.10. The van der Waals surface area contributed by atoms with E-state index < -0.39 is 0 Å². The van der Waals surface area contributed by atoms with Crippen molar-refractivity contribution in [2.75, 3.05) is 13.7 Å². The molecule has 0 aliphatic carbocycles. The van der Waals surface area contributed by atoms with Crippen molar-refractivity contribution in [3.05, 3.63) is 22.2 Å². The van der Waals surface area contributed by atoms with Gasteiger partial charge in [-0.1, -0.05) is 13.3 Å². The van der Waals surface area contributed by atoms with Gasteiger partial charge in [0.05, 0.1) is 24.8 Å². The molecule has 0 aliphatic heterocycles. The van der Waals surface area contributed by atoms with Crippen LogP contribution < -0.4 is 9.47 Å². The standard InChI is InChI=1S/C12H17BrO3/c1-3-4-5-16-12-10(13)6-9(8-14)7-11(12)15-2/h6-7,14H,3-5,8H2,1-2H3. The molecule has 0 fully saturated rings. The smallest absolute Gasteiger partial charge is 0.175 e. The highest BCUT2D eigenvalue weighted by molar-refractivity contribution is 9.10. The van der Waals surface area contributed by atoms with E-state index in [1.165, 1.54) is 0 Å². The fourth-order valence-electron chi connectivity index (χ4n) is 1.32. The number of aliphatic hydroxyl groups is 1. The van der Waals surface area contributed by atoms with Gasteiger partial charge in [0.15, 0.2) is 11.5 Å². The molecule has 0 heterocycles. The van der Waals surface area contributed by atoms with Crippen LogP contribution in [0.5, 0.6) is 11.5 Å². The molecule has 0 aromatic heterocycles. The first-order chi connectivity index (χ1) is 7.72. The van der Waals surface area contributed by atoms with Crippen LogP contribution in [0, 0.1) is 0 Å². The quantitative estimate of drug-likeness (QED) is 0.818. The van der Waals surface area contributed by atoms with Crippen LogP contribution in [0.25, 0.3) is 0 Å². The Kier molecular flexibility index (Phi) is 5.63. The third kappa shape index (κ3) is 3.39. The van der Waals surface area contributed by atoms with Gasteiger partial charge in [0.2, 0.25) is 0 Å². The third-order valence-corrected chi connectivity index (χ3v) is 2.81. The van der Waals surface area contributed by atoms with Crippen LogP contribution >= 0.6 is 15.9 Å². The summed E-state index contributed by atoms with van der Waals surface area (Å²) in [5, 5.41) is 9.07. The van der Waals surface area contributed by atoms with Crippen LogP contribution in [-0.4, -0.2) is 18.8 Å². The fourth-order valence-corrected chi connectivity index (χ4v) is 1.93. The molecule has 1 aromatic carbocycles.